The van der Waals surface area contributed by atoms with Crippen LogP contribution in [0.2, 0.25) is 0 Å². The van der Waals surface area contributed by atoms with Gasteiger partial charge in [-0.3, -0.25) is 4.79 Å². The highest BCUT2D eigenvalue weighted by Gasteiger charge is 2.30. The highest BCUT2D eigenvalue weighted by Crippen LogP contribution is 2.27. The Morgan fingerprint density at radius 3 is 2.71 bits per heavy atom. The first-order valence-electron chi connectivity index (χ1n) is 7.94. The van der Waals surface area contributed by atoms with Crippen molar-refractivity contribution in [1.82, 2.24) is 10.2 Å². The van der Waals surface area contributed by atoms with Crippen molar-refractivity contribution >= 4 is 21.8 Å². The van der Waals surface area contributed by atoms with Crippen molar-refractivity contribution < 1.29 is 4.79 Å². The van der Waals surface area contributed by atoms with E-state index >= 15 is 0 Å². The van der Waals surface area contributed by atoms with Crippen LogP contribution in [0.25, 0.3) is 0 Å². The van der Waals surface area contributed by atoms with E-state index in [0.29, 0.717) is 6.04 Å². The highest BCUT2D eigenvalue weighted by molar-refractivity contribution is 9.10. The highest BCUT2D eigenvalue weighted by atomic mass is 79.9. The van der Waals surface area contributed by atoms with E-state index < -0.39 is 0 Å². The van der Waals surface area contributed by atoms with Gasteiger partial charge >= 0.3 is 0 Å². The van der Waals surface area contributed by atoms with E-state index in [-0.39, 0.29) is 5.91 Å². The van der Waals surface area contributed by atoms with Gasteiger partial charge in [0.2, 0.25) is 0 Å². The van der Waals surface area contributed by atoms with Crippen LogP contribution in [0.3, 0.4) is 0 Å². The first kappa shape index (κ1) is 15.0. The van der Waals surface area contributed by atoms with Gasteiger partial charge in [0.15, 0.2) is 0 Å². The average molecular weight is 351 g/mol. The minimum Gasteiger partial charge on any atom is -0.339 e. The lowest BCUT2D eigenvalue weighted by Crippen LogP contribution is -2.43. The van der Waals surface area contributed by atoms with Crippen molar-refractivity contribution in [1.29, 1.82) is 0 Å². The van der Waals surface area contributed by atoms with Gasteiger partial charge in [-0.25, -0.2) is 0 Å². The van der Waals surface area contributed by atoms with Crippen LogP contribution in [0.5, 0.6) is 0 Å². The third kappa shape index (κ3) is 3.16. The van der Waals surface area contributed by atoms with Gasteiger partial charge in [0, 0.05) is 29.2 Å². The number of halogens is 1. The standard InChI is InChI=1S/C17H23BrN2O/c1-12-14(4-2-5-15(12)18)17(21)20-10-7-13(8-11-20)16-6-3-9-19-16/h2,4-5,13,16,19H,3,6-11H2,1H3. The van der Waals surface area contributed by atoms with Crippen LogP contribution >= 0.6 is 15.9 Å². The fraction of sp³-hybridized carbons (Fsp3) is 0.588. The van der Waals surface area contributed by atoms with E-state index in [2.05, 4.69) is 21.2 Å². The maximum atomic E-state index is 12.7. The van der Waals surface area contributed by atoms with Gasteiger partial charge in [-0.15, -0.1) is 0 Å². The molecule has 2 fully saturated rings. The normalized spacial score (nSPS) is 23.5. The number of carbonyl (C=O) groups excluding carboxylic acids is 1. The van der Waals surface area contributed by atoms with Gasteiger partial charge < -0.3 is 10.2 Å². The average Bonchev–Trinajstić information content (AvgIpc) is 3.04. The summed E-state index contributed by atoms with van der Waals surface area (Å²) < 4.78 is 1.01. The molecule has 1 aromatic carbocycles. The fourth-order valence-electron chi connectivity index (χ4n) is 3.63. The molecule has 1 amide bonds. The number of piperidine rings is 1. The number of nitrogens with zero attached hydrogens (tertiary/aromatic N) is 1. The maximum absolute atomic E-state index is 12.7. The molecule has 0 spiro atoms. The van der Waals surface area contributed by atoms with E-state index in [1.54, 1.807) is 0 Å². The monoisotopic (exact) mass is 350 g/mol. The Kier molecular flexibility index (Phi) is 4.65. The molecule has 0 aliphatic carbocycles. The lowest BCUT2D eigenvalue weighted by Gasteiger charge is -2.35. The molecule has 0 bridgehead atoms. The van der Waals surface area contributed by atoms with Crippen LogP contribution < -0.4 is 5.32 Å². The zero-order valence-corrected chi connectivity index (χ0v) is 14.2. The van der Waals surface area contributed by atoms with Crippen LogP contribution in [-0.2, 0) is 0 Å². The predicted octanol–water partition coefficient (Wildman–Crippen LogP) is 3.36. The van der Waals surface area contributed by atoms with Crippen molar-refractivity contribution in [2.24, 2.45) is 5.92 Å². The Morgan fingerprint density at radius 2 is 2.05 bits per heavy atom. The van der Waals surface area contributed by atoms with E-state index in [4.69, 9.17) is 0 Å². The summed E-state index contributed by atoms with van der Waals surface area (Å²) in [5.74, 6) is 0.937. The Labute approximate surface area is 135 Å². The van der Waals surface area contributed by atoms with Gasteiger partial charge in [-0.2, -0.15) is 0 Å². The summed E-state index contributed by atoms with van der Waals surface area (Å²) in [5, 5.41) is 3.61. The third-order valence-electron chi connectivity index (χ3n) is 4.99. The summed E-state index contributed by atoms with van der Waals surface area (Å²) in [6, 6.07) is 6.56. The van der Waals surface area contributed by atoms with Crippen molar-refractivity contribution in [2.45, 2.75) is 38.6 Å². The lowest BCUT2D eigenvalue weighted by atomic mass is 9.88. The predicted molar refractivity (Wildman–Crippen MR) is 88.5 cm³/mol. The van der Waals surface area contributed by atoms with Crippen LogP contribution in [0, 0.1) is 12.8 Å². The summed E-state index contributed by atoms with van der Waals surface area (Å²) in [4.78, 5) is 14.7. The number of hydrogen-bond donors (Lipinski definition) is 1. The lowest BCUT2D eigenvalue weighted by molar-refractivity contribution is 0.0673. The minimum absolute atomic E-state index is 0.187. The van der Waals surface area contributed by atoms with E-state index in [9.17, 15) is 4.79 Å². The van der Waals surface area contributed by atoms with Crippen LogP contribution in [-0.4, -0.2) is 36.5 Å². The van der Waals surface area contributed by atoms with E-state index in [1.807, 2.05) is 30.0 Å². The van der Waals surface area contributed by atoms with Crippen molar-refractivity contribution in [2.75, 3.05) is 19.6 Å². The quantitative estimate of drug-likeness (QED) is 0.886. The Hall–Kier alpha value is -0.870. The molecular weight excluding hydrogens is 328 g/mol. The molecule has 0 radical (unpaired) electrons. The van der Waals surface area contributed by atoms with Crippen LogP contribution in [0.1, 0.15) is 41.6 Å². The number of nitrogens with one attached hydrogen (secondary N) is 1. The topological polar surface area (TPSA) is 32.3 Å². The summed E-state index contributed by atoms with van der Waals surface area (Å²) in [5.41, 5.74) is 1.88. The molecule has 3 rings (SSSR count). The first-order valence-corrected chi connectivity index (χ1v) is 8.74. The second-order valence-electron chi connectivity index (χ2n) is 6.24. The van der Waals surface area contributed by atoms with Gasteiger partial charge in [0.25, 0.3) is 5.91 Å². The summed E-state index contributed by atoms with van der Waals surface area (Å²) in [6.07, 6.45) is 4.89. The van der Waals surface area contributed by atoms with E-state index in [0.717, 1.165) is 47.4 Å². The summed E-state index contributed by atoms with van der Waals surface area (Å²) >= 11 is 3.51. The van der Waals surface area contributed by atoms with Gasteiger partial charge in [0.05, 0.1) is 0 Å². The zero-order chi connectivity index (χ0) is 14.8. The van der Waals surface area contributed by atoms with E-state index in [1.165, 1.54) is 19.4 Å². The number of carbonyl (C=O) groups is 1. The number of rotatable bonds is 2. The molecule has 2 aliphatic heterocycles. The van der Waals surface area contributed by atoms with Gasteiger partial charge in [0.1, 0.15) is 0 Å². The number of amides is 1. The van der Waals surface area contributed by atoms with Crippen molar-refractivity contribution in [3.05, 3.63) is 33.8 Å². The smallest absolute Gasteiger partial charge is 0.254 e. The van der Waals surface area contributed by atoms with Crippen molar-refractivity contribution in [3.63, 3.8) is 0 Å². The molecule has 1 unspecified atom stereocenters. The molecule has 4 heteroatoms. The summed E-state index contributed by atoms with van der Waals surface area (Å²) in [6.45, 7) is 4.97. The minimum atomic E-state index is 0.187. The Bertz CT molecular complexity index is 518. The molecule has 0 saturated carbocycles. The maximum Gasteiger partial charge on any atom is 0.254 e. The molecule has 3 nitrogen and oxygen atoms in total. The molecular formula is C17H23BrN2O. The Morgan fingerprint density at radius 1 is 1.29 bits per heavy atom. The third-order valence-corrected chi connectivity index (χ3v) is 5.85. The molecule has 1 atom stereocenters. The van der Waals surface area contributed by atoms with Crippen LogP contribution in [0.15, 0.2) is 22.7 Å². The molecule has 2 heterocycles. The summed E-state index contributed by atoms with van der Waals surface area (Å²) in [7, 11) is 0. The molecule has 0 aromatic heterocycles. The second kappa shape index (κ2) is 6.49. The SMILES string of the molecule is Cc1c(Br)cccc1C(=O)N1CCC(C2CCCN2)CC1. The molecule has 114 valence electrons. The number of benzene rings is 1. The molecule has 1 aromatic rings. The molecule has 2 aliphatic rings. The zero-order valence-electron chi connectivity index (χ0n) is 12.6. The number of hydrogen-bond acceptors (Lipinski definition) is 2. The largest absolute Gasteiger partial charge is 0.339 e. The van der Waals surface area contributed by atoms with Crippen molar-refractivity contribution in [3.8, 4) is 0 Å². The first-order chi connectivity index (χ1) is 10.2. The Balaban J connectivity index is 1.63. The molecule has 1 N–H and O–H groups in total. The van der Waals surface area contributed by atoms with Gasteiger partial charge in [-0.05, 0) is 62.8 Å². The fourth-order valence-corrected chi connectivity index (χ4v) is 3.99. The second-order valence-corrected chi connectivity index (χ2v) is 7.10. The molecule has 2 saturated heterocycles. The molecule has 21 heavy (non-hydrogen) atoms. The number of likely N-dealkylation sites (tertiary alicyclic amines) is 1. The van der Waals surface area contributed by atoms with Crippen LogP contribution in [0.4, 0.5) is 0 Å². The van der Waals surface area contributed by atoms with Gasteiger partial charge in [-0.1, -0.05) is 22.0 Å².